The minimum absolute atomic E-state index is 0.00894. The van der Waals surface area contributed by atoms with Crippen molar-refractivity contribution in [1.29, 1.82) is 0 Å². The third-order valence-corrected chi connectivity index (χ3v) is 4.87. The molecular formula is C18H25N5O. The van der Waals surface area contributed by atoms with Crippen LogP contribution >= 0.6 is 0 Å². The summed E-state index contributed by atoms with van der Waals surface area (Å²) in [6, 6.07) is 6.61. The molecule has 0 unspecified atom stereocenters. The summed E-state index contributed by atoms with van der Waals surface area (Å²) in [7, 11) is 2.17. The summed E-state index contributed by atoms with van der Waals surface area (Å²) in [6.45, 7) is 5.99. The molecule has 1 fully saturated rings. The second-order valence-corrected chi connectivity index (χ2v) is 6.63. The van der Waals surface area contributed by atoms with Crippen molar-refractivity contribution >= 4 is 5.91 Å². The quantitative estimate of drug-likeness (QED) is 0.864. The van der Waals surface area contributed by atoms with Crippen molar-refractivity contribution in [2.75, 3.05) is 20.1 Å². The van der Waals surface area contributed by atoms with Crippen molar-refractivity contribution in [3.05, 3.63) is 42.5 Å². The smallest absolute Gasteiger partial charge is 0.272 e. The van der Waals surface area contributed by atoms with Gasteiger partial charge in [0.05, 0.1) is 5.69 Å². The van der Waals surface area contributed by atoms with Gasteiger partial charge in [0.2, 0.25) is 0 Å². The molecule has 1 aliphatic heterocycles. The number of pyridine rings is 1. The van der Waals surface area contributed by atoms with Gasteiger partial charge >= 0.3 is 0 Å². The van der Waals surface area contributed by atoms with Crippen LogP contribution in [0.5, 0.6) is 0 Å². The minimum Gasteiger partial charge on any atom is -0.337 e. The number of amides is 1. The number of hydrogen-bond acceptors (Lipinski definition) is 4. The molecule has 0 aliphatic carbocycles. The Bertz CT molecular complexity index is 674. The van der Waals surface area contributed by atoms with Gasteiger partial charge in [-0.3, -0.25) is 9.78 Å². The van der Waals surface area contributed by atoms with Crippen LogP contribution in [0.25, 0.3) is 5.69 Å². The highest BCUT2D eigenvalue weighted by Crippen LogP contribution is 2.19. The van der Waals surface area contributed by atoms with Crippen molar-refractivity contribution in [3.63, 3.8) is 0 Å². The van der Waals surface area contributed by atoms with E-state index in [1.165, 1.54) is 0 Å². The van der Waals surface area contributed by atoms with Gasteiger partial charge in [-0.1, -0.05) is 0 Å². The summed E-state index contributed by atoms with van der Waals surface area (Å²) < 4.78 is 1.74. The zero-order valence-corrected chi connectivity index (χ0v) is 14.6. The first-order valence-corrected chi connectivity index (χ1v) is 8.53. The zero-order chi connectivity index (χ0) is 17.1. The van der Waals surface area contributed by atoms with Gasteiger partial charge in [-0.05, 0) is 51.9 Å². The van der Waals surface area contributed by atoms with Gasteiger partial charge in [-0.25, -0.2) is 4.68 Å². The van der Waals surface area contributed by atoms with Crippen molar-refractivity contribution < 1.29 is 4.79 Å². The van der Waals surface area contributed by atoms with Crippen LogP contribution in [-0.2, 0) is 0 Å². The number of hydrogen-bond donors (Lipinski definition) is 0. The largest absolute Gasteiger partial charge is 0.337 e. The van der Waals surface area contributed by atoms with Crippen LogP contribution in [0.4, 0.5) is 0 Å². The van der Waals surface area contributed by atoms with Gasteiger partial charge in [-0.15, -0.1) is 0 Å². The number of piperidine rings is 1. The van der Waals surface area contributed by atoms with E-state index >= 15 is 0 Å². The zero-order valence-electron chi connectivity index (χ0n) is 14.6. The Labute approximate surface area is 143 Å². The Morgan fingerprint density at radius 1 is 1.29 bits per heavy atom. The predicted molar refractivity (Wildman–Crippen MR) is 93.2 cm³/mol. The molecule has 6 heteroatoms. The number of rotatable bonds is 4. The lowest BCUT2D eigenvalue weighted by Gasteiger charge is -2.38. The Morgan fingerprint density at radius 2 is 2.04 bits per heavy atom. The fourth-order valence-corrected chi connectivity index (χ4v) is 3.16. The Morgan fingerprint density at radius 3 is 2.67 bits per heavy atom. The molecule has 0 atom stereocenters. The van der Waals surface area contributed by atoms with E-state index in [1.54, 1.807) is 17.1 Å². The summed E-state index contributed by atoms with van der Waals surface area (Å²) in [5.74, 6) is 0.00894. The van der Waals surface area contributed by atoms with Gasteiger partial charge in [0.15, 0.2) is 0 Å². The summed E-state index contributed by atoms with van der Waals surface area (Å²) in [5.41, 5.74) is 1.34. The molecule has 1 aliphatic rings. The second kappa shape index (κ2) is 7.13. The first-order chi connectivity index (χ1) is 11.6. The number of carbonyl (C=O) groups is 1. The predicted octanol–water partition coefficient (Wildman–Crippen LogP) is 2.21. The van der Waals surface area contributed by atoms with E-state index in [-0.39, 0.29) is 5.91 Å². The third kappa shape index (κ3) is 3.48. The average Bonchev–Trinajstić information content (AvgIpc) is 3.15. The van der Waals surface area contributed by atoms with Crippen molar-refractivity contribution in [2.24, 2.45) is 0 Å². The van der Waals surface area contributed by atoms with Gasteiger partial charge in [0.25, 0.3) is 5.91 Å². The molecule has 1 saturated heterocycles. The molecule has 0 spiro atoms. The first kappa shape index (κ1) is 16.6. The normalized spacial score (nSPS) is 16.1. The molecule has 0 N–H and O–H groups in total. The van der Waals surface area contributed by atoms with E-state index in [1.807, 2.05) is 29.3 Å². The molecule has 2 aromatic heterocycles. The molecule has 3 rings (SSSR count). The lowest BCUT2D eigenvalue weighted by atomic mass is 10.0. The lowest BCUT2D eigenvalue weighted by Crippen LogP contribution is -2.47. The van der Waals surface area contributed by atoms with E-state index in [0.717, 1.165) is 31.6 Å². The number of likely N-dealkylation sites (tertiary alicyclic amines) is 1. The van der Waals surface area contributed by atoms with Crippen LogP contribution in [0, 0.1) is 0 Å². The van der Waals surface area contributed by atoms with Gasteiger partial charge in [0.1, 0.15) is 5.69 Å². The molecule has 0 saturated carbocycles. The summed E-state index contributed by atoms with van der Waals surface area (Å²) in [6.07, 6.45) is 7.27. The van der Waals surface area contributed by atoms with Gasteiger partial charge < -0.3 is 9.80 Å². The van der Waals surface area contributed by atoms with Crippen LogP contribution in [0.2, 0.25) is 0 Å². The van der Waals surface area contributed by atoms with Crippen molar-refractivity contribution in [3.8, 4) is 5.69 Å². The van der Waals surface area contributed by atoms with E-state index in [4.69, 9.17) is 0 Å². The summed E-state index contributed by atoms with van der Waals surface area (Å²) in [4.78, 5) is 21.3. The molecule has 0 radical (unpaired) electrons. The third-order valence-electron chi connectivity index (χ3n) is 4.87. The first-order valence-electron chi connectivity index (χ1n) is 8.53. The van der Waals surface area contributed by atoms with E-state index in [0.29, 0.717) is 17.8 Å². The standard InChI is InChI=1S/C18H25N5O/c1-14(2)21(3)15-6-11-22(12-7-15)18(24)17-13-16(5-9-19-17)23-10-4-8-20-23/h4-5,8-10,13-15H,6-7,11-12H2,1-3H3. The molecule has 128 valence electrons. The Kier molecular flexibility index (Phi) is 4.94. The minimum atomic E-state index is 0.00894. The van der Waals surface area contributed by atoms with Crippen LogP contribution in [0.3, 0.4) is 0 Å². The molecule has 1 amide bonds. The van der Waals surface area contributed by atoms with Crippen LogP contribution in [0.15, 0.2) is 36.8 Å². The maximum atomic E-state index is 12.8. The molecule has 6 nitrogen and oxygen atoms in total. The van der Waals surface area contributed by atoms with Gasteiger partial charge in [0, 0.05) is 43.8 Å². The maximum absolute atomic E-state index is 12.8. The SMILES string of the molecule is CC(C)N(C)C1CCN(C(=O)c2cc(-n3cccn3)ccn2)CC1. The number of aromatic nitrogens is 3. The highest BCUT2D eigenvalue weighted by Gasteiger charge is 2.27. The highest BCUT2D eigenvalue weighted by atomic mass is 16.2. The molecule has 24 heavy (non-hydrogen) atoms. The second-order valence-electron chi connectivity index (χ2n) is 6.63. The molecular weight excluding hydrogens is 302 g/mol. The molecule has 2 aromatic rings. The van der Waals surface area contributed by atoms with Crippen molar-refractivity contribution in [2.45, 2.75) is 38.8 Å². The van der Waals surface area contributed by atoms with Crippen LogP contribution in [-0.4, -0.2) is 62.7 Å². The van der Waals surface area contributed by atoms with Crippen molar-refractivity contribution in [1.82, 2.24) is 24.6 Å². The van der Waals surface area contributed by atoms with Gasteiger partial charge in [-0.2, -0.15) is 5.10 Å². The summed E-state index contributed by atoms with van der Waals surface area (Å²) >= 11 is 0. The Balaban J connectivity index is 1.67. The molecule has 0 aromatic carbocycles. The van der Waals surface area contributed by atoms with E-state index < -0.39 is 0 Å². The molecule has 0 bridgehead atoms. The topological polar surface area (TPSA) is 54.3 Å². The monoisotopic (exact) mass is 327 g/mol. The van der Waals surface area contributed by atoms with E-state index in [9.17, 15) is 4.79 Å². The van der Waals surface area contributed by atoms with Crippen LogP contribution in [0.1, 0.15) is 37.2 Å². The number of nitrogens with zero attached hydrogens (tertiary/aromatic N) is 5. The fraction of sp³-hybridized carbons (Fsp3) is 0.500. The maximum Gasteiger partial charge on any atom is 0.272 e. The molecule has 3 heterocycles. The highest BCUT2D eigenvalue weighted by molar-refractivity contribution is 5.92. The van der Waals surface area contributed by atoms with E-state index in [2.05, 4.69) is 35.9 Å². The average molecular weight is 327 g/mol. The van der Waals surface area contributed by atoms with Crippen LogP contribution < -0.4 is 0 Å². The Hall–Kier alpha value is -2.21. The lowest BCUT2D eigenvalue weighted by molar-refractivity contribution is 0.0612. The number of carbonyl (C=O) groups excluding carboxylic acids is 1. The fourth-order valence-electron chi connectivity index (χ4n) is 3.16. The summed E-state index contributed by atoms with van der Waals surface area (Å²) in [5, 5.41) is 4.20.